The lowest BCUT2D eigenvalue weighted by atomic mass is 10.1. The van der Waals surface area contributed by atoms with Gasteiger partial charge in [0.2, 0.25) is 0 Å². The summed E-state index contributed by atoms with van der Waals surface area (Å²) >= 11 is 0. The number of nitrogens with one attached hydrogen (secondary N) is 1. The topological polar surface area (TPSA) is 36.0 Å². The number of aliphatic hydroxyl groups is 1. The molecule has 0 aliphatic rings. The lowest BCUT2D eigenvalue weighted by Gasteiger charge is -1.94. The molecular weight excluding hydrogens is 174 g/mol. The van der Waals surface area contributed by atoms with E-state index in [1.54, 1.807) is 0 Å². The molecule has 2 N–H and O–H groups in total. The van der Waals surface area contributed by atoms with E-state index in [2.05, 4.69) is 11.1 Å². The van der Waals surface area contributed by atoms with E-state index in [-0.39, 0.29) is 6.61 Å². The van der Waals surface area contributed by atoms with Crippen molar-refractivity contribution >= 4 is 17.0 Å². The molecule has 1 aromatic heterocycles. The fourth-order valence-corrected chi connectivity index (χ4v) is 1.52. The van der Waals surface area contributed by atoms with Gasteiger partial charge < -0.3 is 10.1 Å². The van der Waals surface area contributed by atoms with E-state index >= 15 is 0 Å². The second-order valence-corrected chi connectivity index (χ2v) is 3.44. The van der Waals surface area contributed by atoms with Crippen LogP contribution in [0, 0.1) is 0 Å². The molecule has 2 nitrogen and oxygen atoms in total. The number of rotatable bonds is 2. The van der Waals surface area contributed by atoms with Gasteiger partial charge in [0.05, 0.1) is 6.61 Å². The van der Waals surface area contributed by atoms with Crippen LogP contribution in [0.2, 0.25) is 0 Å². The number of hydrogen-bond acceptors (Lipinski definition) is 1. The first kappa shape index (κ1) is 9.03. The maximum atomic E-state index is 8.93. The van der Waals surface area contributed by atoms with Crippen molar-refractivity contribution in [3.63, 3.8) is 0 Å². The lowest BCUT2D eigenvalue weighted by Crippen LogP contribution is -1.82. The molecule has 0 atom stereocenters. The molecule has 0 aliphatic carbocycles. The largest absolute Gasteiger partial charge is 0.392 e. The summed E-state index contributed by atoms with van der Waals surface area (Å²) in [6.07, 6.45) is 3.96. The zero-order valence-corrected chi connectivity index (χ0v) is 8.12. The normalized spacial score (nSPS) is 12.3. The van der Waals surface area contributed by atoms with E-state index in [4.69, 9.17) is 5.11 Å². The molecule has 0 unspecified atom stereocenters. The molecule has 0 saturated heterocycles. The maximum absolute atomic E-state index is 8.93. The Balaban J connectivity index is 2.53. The first-order chi connectivity index (χ1) is 6.81. The van der Waals surface area contributed by atoms with Gasteiger partial charge in [-0.3, -0.25) is 0 Å². The molecule has 1 heterocycles. The van der Waals surface area contributed by atoms with E-state index in [0.29, 0.717) is 0 Å². The first-order valence-electron chi connectivity index (χ1n) is 4.65. The van der Waals surface area contributed by atoms with Gasteiger partial charge in [0.15, 0.2) is 0 Å². The number of aromatic nitrogens is 1. The zero-order valence-electron chi connectivity index (χ0n) is 8.12. The third-order valence-electron chi connectivity index (χ3n) is 2.27. The second kappa shape index (κ2) is 3.68. The molecule has 14 heavy (non-hydrogen) atoms. The Hall–Kier alpha value is -1.54. The summed E-state index contributed by atoms with van der Waals surface area (Å²) in [6.45, 7) is 2.03. The Bertz CT molecular complexity index is 468. The fraction of sp³-hybridized carbons (Fsp3) is 0.167. The molecule has 2 rings (SSSR count). The summed E-state index contributed by atoms with van der Waals surface area (Å²) in [5, 5.41) is 10.1. The van der Waals surface area contributed by atoms with E-state index in [0.717, 1.165) is 16.7 Å². The highest BCUT2D eigenvalue weighted by molar-refractivity contribution is 5.89. The maximum Gasteiger partial charge on any atom is 0.0642 e. The molecule has 0 amide bonds. The van der Waals surface area contributed by atoms with Crippen molar-refractivity contribution in [2.24, 2.45) is 0 Å². The molecule has 0 radical (unpaired) electrons. The van der Waals surface area contributed by atoms with Gasteiger partial charge in [-0.05, 0) is 24.1 Å². The van der Waals surface area contributed by atoms with Crippen LogP contribution in [0.4, 0.5) is 0 Å². The smallest absolute Gasteiger partial charge is 0.0642 e. The lowest BCUT2D eigenvalue weighted by molar-refractivity contribution is 0.332. The van der Waals surface area contributed by atoms with Gasteiger partial charge in [-0.1, -0.05) is 24.3 Å². The standard InChI is InChI=1S/C12H13NO/c1-9(8-14)6-10-7-13-12-5-3-2-4-11(10)12/h2-7,13-14H,8H2,1H3/b9-6-. The minimum absolute atomic E-state index is 0.111. The predicted octanol–water partition coefficient (Wildman–Crippen LogP) is 2.56. The van der Waals surface area contributed by atoms with Gasteiger partial charge in [0, 0.05) is 17.1 Å². The fourth-order valence-electron chi connectivity index (χ4n) is 1.52. The molecule has 0 fully saturated rings. The number of para-hydroxylation sites is 1. The summed E-state index contributed by atoms with van der Waals surface area (Å²) in [6, 6.07) is 8.14. The number of H-pyrrole nitrogens is 1. The number of aliphatic hydroxyl groups excluding tert-OH is 1. The average molecular weight is 187 g/mol. The van der Waals surface area contributed by atoms with E-state index < -0.39 is 0 Å². The van der Waals surface area contributed by atoms with Gasteiger partial charge in [-0.25, -0.2) is 0 Å². The van der Waals surface area contributed by atoms with Crippen LogP contribution < -0.4 is 0 Å². The molecule has 72 valence electrons. The Morgan fingerprint density at radius 2 is 2.21 bits per heavy atom. The minimum atomic E-state index is 0.111. The Labute approximate surface area is 82.9 Å². The highest BCUT2D eigenvalue weighted by Crippen LogP contribution is 2.19. The third kappa shape index (κ3) is 1.56. The van der Waals surface area contributed by atoms with Crippen LogP contribution in [0.1, 0.15) is 12.5 Å². The van der Waals surface area contributed by atoms with Crippen LogP contribution in [0.15, 0.2) is 36.0 Å². The van der Waals surface area contributed by atoms with Crippen molar-refractivity contribution in [3.8, 4) is 0 Å². The highest BCUT2D eigenvalue weighted by Gasteiger charge is 1.99. The van der Waals surface area contributed by atoms with E-state index in [9.17, 15) is 0 Å². The van der Waals surface area contributed by atoms with Crippen molar-refractivity contribution in [2.75, 3.05) is 6.61 Å². The predicted molar refractivity (Wildman–Crippen MR) is 59.0 cm³/mol. The van der Waals surface area contributed by atoms with Gasteiger partial charge in [-0.15, -0.1) is 0 Å². The molecule has 0 aliphatic heterocycles. The summed E-state index contributed by atoms with van der Waals surface area (Å²) in [5.41, 5.74) is 3.23. The Morgan fingerprint density at radius 1 is 1.43 bits per heavy atom. The van der Waals surface area contributed by atoms with Gasteiger partial charge >= 0.3 is 0 Å². The van der Waals surface area contributed by atoms with Gasteiger partial charge in [0.1, 0.15) is 0 Å². The summed E-state index contributed by atoms with van der Waals surface area (Å²) in [4.78, 5) is 3.19. The molecule has 1 aromatic carbocycles. The number of hydrogen-bond donors (Lipinski definition) is 2. The van der Waals surface area contributed by atoms with Crippen LogP contribution in [0.25, 0.3) is 17.0 Å². The Kier molecular flexibility index (Phi) is 2.37. The monoisotopic (exact) mass is 187 g/mol. The van der Waals surface area contributed by atoms with Gasteiger partial charge in [0.25, 0.3) is 0 Å². The summed E-state index contributed by atoms with van der Waals surface area (Å²) in [5.74, 6) is 0. The van der Waals surface area contributed by atoms with Crippen molar-refractivity contribution < 1.29 is 5.11 Å². The average Bonchev–Trinajstić information content (AvgIpc) is 2.62. The van der Waals surface area contributed by atoms with Gasteiger partial charge in [-0.2, -0.15) is 0 Å². The zero-order chi connectivity index (χ0) is 9.97. The van der Waals surface area contributed by atoms with Crippen LogP contribution in [0.3, 0.4) is 0 Å². The summed E-state index contributed by atoms with van der Waals surface area (Å²) in [7, 11) is 0. The Morgan fingerprint density at radius 3 is 3.00 bits per heavy atom. The number of fused-ring (bicyclic) bond motifs is 1. The quantitative estimate of drug-likeness (QED) is 0.744. The van der Waals surface area contributed by atoms with Crippen molar-refractivity contribution in [2.45, 2.75) is 6.92 Å². The third-order valence-corrected chi connectivity index (χ3v) is 2.27. The molecule has 2 aromatic rings. The highest BCUT2D eigenvalue weighted by atomic mass is 16.3. The van der Waals surface area contributed by atoms with Crippen LogP contribution in [-0.2, 0) is 0 Å². The number of benzene rings is 1. The minimum Gasteiger partial charge on any atom is -0.392 e. The molecule has 0 saturated carbocycles. The molecule has 0 bridgehead atoms. The van der Waals surface area contributed by atoms with Crippen LogP contribution in [-0.4, -0.2) is 16.7 Å². The second-order valence-electron chi connectivity index (χ2n) is 3.44. The van der Waals surface area contributed by atoms with Crippen molar-refractivity contribution in [3.05, 3.63) is 41.6 Å². The van der Waals surface area contributed by atoms with E-state index in [1.807, 2.05) is 37.4 Å². The van der Waals surface area contributed by atoms with Crippen LogP contribution in [0.5, 0.6) is 0 Å². The molecule has 0 spiro atoms. The molecule has 2 heteroatoms. The van der Waals surface area contributed by atoms with Crippen LogP contribution >= 0.6 is 0 Å². The van der Waals surface area contributed by atoms with E-state index in [1.165, 1.54) is 5.39 Å². The SMILES string of the molecule is C/C(=C/c1c[nH]c2ccccc12)CO. The van der Waals surface area contributed by atoms with Crippen molar-refractivity contribution in [1.82, 2.24) is 4.98 Å². The summed E-state index contributed by atoms with van der Waals surface area (Å²) < 4.78 is 0. The number of aromatic amines is 1. The first-order valence-corrected chi connectivity index (χ1v) is 4.65. The molecular formula is C12H13NO. The van der Waals surface area contributed by atoms with Crippen molar-refractivity contribution in [1.29, 1.82) is 0 Å².